The smallest absolute Gasteiger partial charge is 0.351 e. The maximum atomic E-state index is 10.4. The quantitative estimate of drug-likeness (QED) is 0.656. The standard InChI is InChI=1S/C9H10N2O2/c1-6-2-3-11-5-7(6)4-8(10)9(12)13/h2-5H,10H2,1H3,(H,12,13)/b8-4+. The van der Waals surface area contributed by atoms with E-state index in [1.165, 1.54) is 6.08 Å². The number of aliphatic carboxylic acids is 1. The van der Waals surface area contributed by atoms with Gasteiger partial charge in [0.1, 0.15) is 5.70 Å². The molecule has 0 saturated heterocycles. The van der Waals surface area contributed by atoms with Gasteiger partial charge in [-0.1, -0.05) is 0 Å². The minimum atomic E-state index is -1.12. The van der Waals surface area contributed by atoms with E-state index in [0.717, 1.165) is 11.1 Å². The Morgan fingerprint density at radius 2 is 2.38 bits per heavy atom. The van der Waals surface area contributed by atoms with Gasteiger partial charge in [-0.25, -0.2) is 4.79 Å². The van der Waals surface area contributed by atoms with E-state index in [9.17, 15) is 4.79 Å². The lowest BCUT2D eigenvalue weighted by atomic mass is 10.1. The average molecular weight is 178 g/mol. The Morgan fingerprint density at radius 1 is 1.69 bits per heavy atom. The number of hydrogen-bond acceptors (Lipinski definition) is 3. The molecule has 0 aromatic carbocycles. The molecule has 4 nitrogen and oxygen atoms in total. The molecule has 0 aliphatic carbocycles. The molecule has 0 radical (unpaired) electrons. The molecule has 1 aromatic heterocycles. The number of rotatable bonds is 2. The van der Waals surface area contributed by atoms with Gasteiger partial charge in [0.05, 0.1) is 0 Å². The van der Waals surface area contributed by atoms with Crippen molar-refractivity contribution >= 4 is 12.0 Å². The van der Waals surface area contributed by atoms with E-state index < -0.39 is 5.97 Å². The second-order valence-electron chi connectivity index (χ2n) is 2.64. The monoisotopic (exact) mass is 178 g/mol. The highest BCUT2D eigenvalue weighted by Gasteiger charge is 2.01. The van der Waals surface area contributed by atoms with Crippen molar-refractivity contribution in [3.63, 3.8) is 0 Å². The summed E-state index contributed by atoms with van der Waals surface area (Å²) in [4.78, 5) is 14.3. The second kappa shape index (κ2) is 3.71. The van der Waals surface area contributed by atoms with Crippen molar-refractivity contribution in [2.75, 3.05) is 0 Å². The largest absolute Gasteiger partial charge is 0.477 e. The molecule has 0 saturated carbocycles. The first-order valence-corrected chi connectivity index (χ1v) is 3.72. The fourth-order valence-electron chi connectivity index (χ4n) is 0.857. The summed E-state index contributed by atoms with van der Waals surface area (Å²) in [7, 11) is 0. The molecule has 13 heavy (non-hydrogen) atoms. The maximum Gasteiger partial charge on any atom is 0.351 e. The summed E-state index contributed by atoms with van der Waals surface area (Å²) in [5.41, 5.74) is 6.74. The lowest BCUT2D eigenvalue weighted by molar-refractivity contribution is -0.132. The fourth-order valence-corrected chi connectivity index (χ4v) is 0.857. The number of aromatic nitrogens is 1. The van der Waals surface area contributed by atoms with Gasteiger partial charge in [-0.05, 0) is 30.2 Å². The van der Waals surface area contributed by atoms with Crippen LogP contribution in [0, 0.1) is 6.92 Å². The molecule has 3 N–H and O–H groups in total. The summed E-state index contributed by atoms with van der Waals surface area (Å²) >= 11 is 0. The van der Waals surface area contributed by atoms with Crippen LogP contribution in [0.5, 0.6) is 0 Å². The van der Waals surface area contributed by atoms with Crippen molar-refractivity contribution in [3.8, 4) is 0 Å². The highest BCUT2D eigenvalue weighted by molar-refractivity contribution is 5.91. The number of carboxylic acids is 1. The van der Waals surface area contributed by atoms with Gasteiger partial charge in [-0.3, -0.25) is 4.98 Å². The first-order valence-electron chi connectivity index (χ1n) is 3.72. The van der Waals surface area contributed by atoms with Crippen LogP contribution >= 0.6 is 0 Å². The van der Waals surface area contributed by atoms with Crippen molar-refractivity contribution in [3.05, 3.63) is 35.3 Å². The Bertz CT molecular complexity index is 358. The number of pyridine rings is 1. The Labute approximate surface area is 75.7 Å². The Morgan fingerprint density at radius 3 is 2.92 bits per heavy atom. The number of carboxylic acid groups (broad SMARTS) is 1. The topological polar surface area (TPSA) is 76.2 Å². The lowest BCUT2D eigenvalue weighted by Crippen LogP contribution is -2.09. The predicted octanol–water partition coefficient (Wildman–Crippen LogP) is 0.774. The molecule has 0 unspecified atom stereocenters. The molecule has 68 valence electrons. The van der Waals surface area contributed by atoms with Gasteiger partial charge in [0, 0.05) is 12.4 Å². The predicted molar refractivity (Wildman–Crippen MR) is 48.8 cm³/mol. The van der Waals surface area contributed by atoms with Crippen LogP contribution in [-0.2, 0) is 4.79 Å². The summed E-state index contributed by atoms with van der Waals surface area (Å²) in [5.74, 6) is -1.12. The van der Waals surface area contributed by atoms with Gasteiger partial charge < -0.3 is 10.8 Å². The SMILES string of the molecule is Cc1ccncc1/C=C(/N)C(=O)O. The zero-order valence-electron chi connectivity index (χ0n) is 7.19. The minimum Gasteiger partial charge on any atom is -0.477 e. The number of nitrogens with zero attached hydrogens (tertiary/aromatic N) is 1. The summed E-state index contributed by atoms with van der Waals surface area (Å²) in [6, 6.07) is 1.79. The van der Waals surface area contributed by atoms with E-state index in [-0.39, 0.29) is 5.70 Å². The first-order chi connectivity index (χ1) is 6.11. The highest BCUT2D eigenvalue weighted by Crippen LogP contribution is 2.08. The Kier molecular flexibility index (Phi) is 2.64. The minimum absolute atomic E-state index is 0.184. The van der Waals surface area contributed by atoms with E-state index in [1.54, 1.807) is 18.5 Å². The molecule has 0 atom stereocenters. The van der Waals surface area contributed by atoms with E-state index in [2.05, 4.69) is 4.98 Å². The molecule has 1 heterocycles. The van der Waals surface area contributed by atoms with Gasteiger partial charge in [-0.15, -0.1) is 0 Å². The highest BCUT2D eigenvalue weighted by atomic mass is 16.4. The average Bonchev–Trinajstić information content (AvgIpc) is 2.08. The third-order valence-electron chi connectivity index (χ3n) is 1.64. The van der Waals surface area contributed by atoms with Gasteiger partial charge in [-0.2, -0.15) is 0 Å². The molecule has 1 rings (SSSR count). The molecule has 0 fully saturated rings. The Balaban J connectivity index is 3.04. The molecule has 0 amide bonds. The van der Waals surface area contributed by atoms with Crippen LogP contribution in [0.25, 0.3) is 6.08 Å². The van der Waals surface area contributed by atoms with E-state index in [1.807, 2.05) is 6.92 Å². The van der Waals surface area contributed by atoms with Crippen LogP contribution in [0.4, 0.5) is 0 Å². The summed E-state index contributed by atoms with van der Waals surface area (Å²) in [6.07, 6.45) is 4.61. The Hall–Kier alpha value is -1.84. The van der Waals surface area contributed by atoms with Gasteiger partial charge in [0.25, 0.3) is 0 Å². The zero-order chi connectivity index (χ0) is 9.84. The summed E-state index contributed by atoms with van der Waals surface area (Å²) in [6.45, 7) is 1.86. The lowest BCUT2D eigenvalue weighted by Gasteiger charge is -1.98. The number of hydrogen-bond donors (Lipinski definition) is 2. The second-order valence-corrected chi connectivity index (χ2v) is 2.64. The molecule has 0 aliphatic rings. The molecule has 0 bridgehead atoms. The van der Waals surface area contributed by atoms with Crippen LogP contribution < -0.4 is 5.73 Å². The molecular formula is C9H10N2O2. The van der Waals surface area contributed by atoms with Crippen LogP contribution in [0.15, 0.2) is 24.2 Å². The molecular weight excluding hydrogens is 168 g/mol. The van der Waals surface area contributed by atoms with Crippen LogP contribution in [-0.4, -0.2) is 16.1 Å². The van der Waals surface area contributed by atoms with Crippen molar-refractivity contribution in [2.45, 2.75) is 6.92 Å². The molecule has 0 aliphatic heterocycles. The van der Waals surface area contributed by atoms with Gasteiger partial charge >= 0.3 is 5.97 Å². The summed E-state index contributed by atoms with van der Waals surface area (Å²) in [5, 5.41) is 8.52. The van der Waals surface area contributed by atoms with Gasteiger partial charge in [0.15, 0.2) is 0 Å². The molecule has 0 spiro atoms. The normalized spacial score (nSPS) is 11.3. The fraction of sp³-hybridized carbons (Fsp3) is 0.111. The van der Waals surface area contributed by atoms with Crippen molar-refractivity contribution in [1.29, 1.82) is 0 Å². The van der Waals surface area contributed by atoms with Gasteiger partial charge in [0.2, 0.25) is 0 Å². The molecule has 1 aromatic rings. The van der Waals surface area contributed by atoms with Crippen molar-refractivity contribution < 1.29 is 9.90 Å². The third kappa shape index (κ3) is 2.30. The third-order valence-corrected chi connectivity index (χ3v) is 1.64. The molecule has 4 heteroatoms. The number of carbonyl (C=O) groups is 1. The van der Waals surface area contributed by atoms with Crippen molar-refractivity contribution in [2.24, 2.45) is 5.73 Å². The number of nitrogens with two attached hydrogens (primary N) is 1. The maximum absolute atomic E-state index is 10.4. The van der Waals surface area contributed by atoms with Crippen LogP contribution in [0.2, 0.25) is 0 Å². The van der Waals surface area contributed by atoms with Crippen LogP contribution in [0.1, 0.15) is 11.1 Å². The van der Waals surface area contributed by atoms with E-state index in [0.29, 0.717) is 0 Å². The first kappa shape index (κ1) is 9.25. The van der Waals surface area contributed by atoms with Crippen molar-refractivity contribution in [1.82, 2.24) is 4.98 Å². The summed E-state index contributed by atoms with van der Waals surface area (Å²) < 4.78 is 0. The number of aryl methyl sites for hydroxylation is 1. The zero-order valence-corrected chi connectivity index (χ0v) is 7.19. The van der Waals surface area contributed by atoms with E-state index >= 15 is 0 Å². The van der Waals surface area contributed by atoms with E-state index in [4.69, 9.17) is 10.8 Å². The van der Waals surface area contributed by atoms with Crippen LogP contribution in [0.3, 0.4) is 0 Å².